The Morgan fingerprint density at radius 1 is 1.00 bits per heavy atom. The van der Waals surface area contributed by atoms with Crippen LogP contribution in [-0.2, 0) is 9.53 Å². The third kappa shape index (κ3) is 7.52. The van der Waals surface area contributed by atoms with Crippen LogP contribution >= 0.6 is 11.6 Å². The molecule has 8 nitrogen and oxygen atoms in total. The summed E-state index contributed by atoms with van der Waals surface area (Å²) >= 11 is 5.98. The number of carbonyl (C=O) groups is 2. The lowest BCUT2D eigenvalue weighted by molar-refractivity contribution is -0.114. The molecule has 1 N–H and O–H groups in total. The van der Waals surface area contributed by atoms with E-state index in [4.69, 9.17) is 25.8 Å². The molecule has 0 aliphatic carbocycles. The lowest BCUT2D eigenvalue weighted by Gasteiger charge is -2.12. The molecule has 3 aromatic carbocycles. The SMILES string of the molecule is CC(=O)Nc1ccc(C(=O)OCC=CC(C)Oc2ccc(Oc3cnc4cc(Cl)ccc4n3)cc2)cc1. The number of carbonyl (C=O) groups excluding carboxylic acids is 2. The van der Waals surface area contributed by atoms with E-state index >= 15 is 0 Å². The van der Waals surface area contributed by atoms with Crippen molar-refractivity contribution in [2.75, 3.05) is 11.9 Å². The molecule has 0 aliphatic heterocycles. The van der Waals surface area contributed by atoms with Crippen LogP contribution in [0, 0.1) is 0 Å². The zero-order chi connectivity index (χ0) is 26.2. The fourth-order valence-corrected chi connectivity index (χ4v) is 3.49. The Labute approximate surface area is 218 Å². The van der Waals surface area contributed by atoms with Crippen LogP contribution in [0.5, 0.6) is 17.4 Å². The lowest BCUT2D eigenvalue weighted by atomic mass is 10.2. The number of rotatable bonds is 9. The fourth-order valence-electron chi connectivity index (χ4n) is 3.32. The molecule has 1 heterocycles. The predicted octanol–water partition coefficient (Wildman–Crippen LogP) is 6.21. The second kappa shape index (κ2) is 12.0. The first kappa shape index (κ1) is 25.7. The molecule has 0 spiro atoms. The average Bonchev–Trinajstić information content (AvgIpc) is 2.88. The Bertz CT molecular complexity index is 1420. The Balaban J connectivity index is 1.23. The number of amides is 1. The normalized spacial score (nSPS) is 11.8. The van der Waals surface area contributed by atoms with Crippen molar-refractivity contribution in [1.29, 1.82) is 0 Å². The molecule has 4 aromatic rings. The van der Waals surface area contributed by atoms with Crippen molar-refractivity contribution < 1.29 is 23.8 Å². The molecule has 37 heavy (non-hydrogen) atoms. The largest absolute Gasteiger partial charge is 0.487 e. The smallest absolute Gasteiger partial charge is 0.338 e. The monoisotopic (exact) mass is 517 g/mol. The molecule has 188 valence electrons. The van der Waals surface area contributed by atoms with Crippen molar-refractivity contribution >= 4 is 40.2 Å². The van der Waals surface area contributed by atoms with Gasteiger partial charge in [0.05, 0.1) is 22.8 Å². The number of hydrogen-bond donors (Lipinski definition) is 1. The highest BCUT2D eigenvalue weighted by Crippen LogP contribution is 2.25. The number of ether oxygens (including phenoxy) is 3. The van der Waals surface area contributed by atoms with Gasteiger partial charge < -0.3 is 19.5 Å². The van der Waals surface area contributed by atoms with Crippen molar-refractivity contribution in [2.45, 2.75) is 20.0 Å². The highest BCUT2D eigenvalue weighted by Gasteiger charge is 2.08. The molecule has 0 fully saturated rings. The second-order valence-corrected chi connectivity index (χ2v) is 8.46. The number of aromatic nitrogens is 2. The number of hydrogen-bond acceptors (Lipinski definition) is 7. The number of esters is 1. The van der Waals surface area contributed by atoms with Gasteiger partial charge in [0.15, 0.2) is 0 Å². The lowest BCUT2D eigenvalue weighted by Crippen LogP contribution is -2.10. The van der Waals surface area contributed by atoms with Gasteiger partial charge in [-0.15, -0.1) is 0 Å². The number of halogens is 1. The molecule has 1 atom stereocenters. The fraction of sp³-hybridized carbons (Fsp3) is 0.143. The van der Waals surface area contributed by atoms with Crippen LogP contribution in [0.3, 0.4) is 0 Å². The van der Waals surface area contributed by atoms with Gasteiger partial charge >= 0.3 is 5.97 Å². The van der Waals surface area contributed by atoms with E-state index in [1.54, 1.807) is 85.1 Å². The molecule has 1 amide bonds. The molecule has 9 heteroatoms. The predicted molar refractivity (Wildman–Crippen MR) is 141 cm³/mol. The maximum atomic E-state index is 12.2. The van der Waals surface area contributed by atoms with Crippen LogP contribution in [0.1, 0.15) is 24.2 Å². The Morgan fingerprint density at radius 2 is 1.73 bits per heavy atom. The Kier molecular flexibility index (Phi) is 8.33. The van der Waals surface area contributed by atoms with E-state index < -0.39 is 5.97 Å². The quantitative estimate of drug-likeness (QED) is 0.208. The number of nitrogens with zero attached hydrogens (tertiary/aromatic N) is 2. The first-order valence-electron chi connectivity index (χ1n) is 11.4. The molecule has 1 aromatic heterocycles. The summed E-state index contributed by atoms with van der Waals surface area (Å²) in [5, 5.41) is 3.24. The van der Waals surface area contributed by atoms with Gasteiger partial charge in [-0.05, 0) is 85.8 Å². The number of benzene rings is 3. The third-order valence-electron chi connectivity index (χ3n) is 5.01. The molecular formula is C28H24ClN3O5. The van der Waals surface area contributed by atoms with E-state index in [0.29, 0.717) is 44.7 Å². The maximum Gasteiger partial charge on any atom is 0.338 e. The molecule has 4 rings (SSSR count). The summed E-state index contributed by atoms with van der Waals surface area (Å²) in [4.78, 5) is 32.0. The topological polar surface area (TPSA) is 99.6 Å². The Morgan fingerprint density at radius 3 is 2.46 bits per heavy atom. The summed E-state index contributed by atoms with van der Waals surface area (Å²) < 4.78 is 16.9. The number of nitrogens with one attached hydrogen (secondary N) is 1. The third-order valence-corrected chi connectivity index (χ3v) is 5.24. The van der Waals surface area contributed by atoms with E-state index in [2.05, 4.69) is 15.3 Å². The van der Waals surface area contributed by atoms with Crippen molar-refractivity contribution in [1.82, 2.24) is 9.97 Å². The second-order valence-electron chi connectivity index (χ2n) is 8.02. The van der Waals surface area contributed by atoms with Crippen LogP contribution in [-0.4, -0.2) is 34.6 Å². The summed E-state index contributed by atoms with van der Waals surface area (Å²) in [6.07, 6.45) is 4.82. The molecule has 0 aliphatic rings. The first-order valence-corrected chi connectivity index (χ1v) is 11.8. The van der Waals surface area contributed by atoms with Gasteiger partial charge in [-0.1, -0.05) is 11.6 Å². The highest BCUT2D eigenvalue weighted by molar-refractivity contribution is 6.31. The molecular weight excluding hydrogens is 494 g/mol. The van der Waals surface area contributed by atoms with Crippen LogP contribution in [0.25, 0.3) is 11.0 Å². The highest BCUT2D eigenvalue weighted by atomic mass is 35.5. The molecule has 0 bridgehead atoms. The molecule has 1 unspecified atom stereocenters. The zero-order valence-electron chi connectivity index (χ0n) is 20.2. The van der Waals surface area contributed by atoms with Crippen molar-refractivity contribution in [3.8, 4) is 17.4 Å². The molecule has 0 radical (unpaired) electrons. The minimum Gasteiger partial charge on any atom is -0.487 e. The van der Waals surface area contributed by atoms with E-state index in [0.717, 1.165) is 0 Å². The van der Waals surface area contributed by atoms with Crippen molar-refractivity contribution in [3.05, 3.63) is 95.7 Å². The molecule has 0 saturated heterocycles. The van der Waals surface area contributed by atoms with Crippen LogP contribution in [0.15, 0.2) is 85.1 Å². The molecule has 0 saturated carbocycles. The standard InChI is InChI=1S/C28H24ClN3O5/c1-18(4-3-15-35-28(34)20-5-8-22(9-6-20)31-19(2)33)36-23-10-12-24(13-11-23)37-27-17-30-26-16-21(29)7-14-25(26)32-27/h3-14,16-18H,15H2,1-2H3,(H,31,33). The summed E-state index contributed by atoms with van der Waals surface area (Å²) in [6.45, 7) is 3.40. The Hall–Kier alpha value is -4.43. The van der Waals surface area contributed by atoms with E-state index in [1.807, 2.05) is 6.92 Å². The minimum atomic E-state index is -0.455. The van der Waals surface area contributed by atoms with E-state index in [1.165, 1.54) is 6.92 Å². The summed E-state index contributed by atoms with van der Waals surface area (Å²) in [5.74, 6) is 0.986. The minimum absolute atomic E-state index is 0.103. The van der Waals surface area contributed by atoms with Crippen molar-refractivity contribution in [2.24, 2.45) is 0 Å². The zero-order valence-corrected chi connectivity index (χ0v) is 20.9. The maximum absolute atomic E-state index is 12.2. The van der Waals surface area contributed by atoms with Gasteiger partial charge in [0, 0.05) is 17.6 Å². The first-order chi connectivity index (χ1) is 17.9. The summed E-state index contributed by atoms with van der Waals surface area (Å²) in [6, 6.07) is 18.9. The van der Waals surface area contributed by atoms with Crippen LogP contribution in [0.4, 0.5) is 5.69 Å². The summed E-state index contributed by atoms with van der Waals surface area (Å²) in [7, 11) is 0. The number of fused-ring (bicyclic) bond motifs is 1. The average molecular weight is 518 g/mol. The van der Waals surface area contributed by atoms with E-state index in [-0.39, 0.29) is 18.6 Å². The van der Waals surface area contributed by atoms with Gasteiger partial charge in [-0.2, -0.15) is 0 Å². The number of anilines is 1. The van der Waals surface area contributed by atoms with Crippen LogP contribution in [0.2, 0.25) is 5.02 Å². The summed E-state index contributed by atoms with van der Waals surface area (Å²) in [5.41, 5.74) is 2.39. The van der Waals surface area contributed by atoms with Crippen LogP contribution < -0.4 is 14.8 Å². The van der Waals surface area contributed by atoms with E-state index in [9.17, 15) is 9.59 Å². The van der Waals surface area contributed by atoms with Gasteiger partial charge in [0.2, 0.25) is 11.8 Å². The van der Waals surface area contributed by atoms with Gasteiger partial charge in [-0.25, -0.2) is 14.8 Å². The van der Waals surface area contributed by atoms with Gasteiger partial charge in [0.1, 0.15) is 24.2 Å². The van der Waals surface area contributed by atoms with Gasteiger partial charge in [0.25, 0.3) is 0 Å². The van der Waals surface area contributed by atoms with Crippen molar-refractivity contribution in [3.63, 3.8) is 0 Å². The van der Waals surface area contributed by atoms with Gasteiger partial charge in [-0.3, -0.25) is 4.79 Å².